The predicted octanol–water partition coefficient (Wildman–Crippen LogP) is 5.77. The van der Waals surface area contributed by atoms with E-state index in [1.807, 2.05) is 28.8 Å². The van der Waals surface area contributed by atoms with Crippen LogP contribution in [0.4, 0.5) is 0 Å². The maximum atomic E-state index is 13.9. The number of ether oxygens (including phenoxy) is 1. The Balaban J connectivity index is 1.61. The Morgan fingerprint density at radius 2 is 1.81 bits per heavy atom. The maximum absolute atomic E-state index is 13.9. The smallest absolute Gasteiger partial charge is 0.308 e. The average Bonchev–Trinajstić information content (AvgIpc) is 3.19. The molecule has 1 aromatic heterocycles. The van der Waals surface area contributed by atoms with Gasteiger partial charge in [-0.1, -0.05) is 79.6 Å². The molecule has 5 nitrogen and oxygen atoms in total. The van der Waals surface area contributed by atoms with Gasteiger partial charge in [-0.3, -0.25) is 14.2 Å². The molecule has 2 heterocycles. The van der Waals surface area contributed by atoms with Gasteiger partial charge in [-0.15, -0.1) is 0 Å². The van der Waals surface area contributed by atoms with Crippen molar-refractivity contribution in [3.8, 4) is 5.75 Å². The summed E-state index contributed by atoms with van der Waals surface area (Å²) in [4.78, 5) is 31.3. The number of fused-ring (bicyclic) bond motifs is 3. The Labute approximate surface area is 233 Å². The Kier molecular flexibility index (Phi) is 6.34. The van der Waals surface area contributed by atoms with Crippen LogP contribution < -0.4 is 19.6 Å². The molecule has 37 heavy (non-hydrogen) atoms. The van der Waals surface area contributed by atoms with Crippen LogP contribution in [0.2, 0.25) is 0 Å². The van der Waals surface area contributed by atoms with Crippen molar-refractivity contribution < 1.29 is 9.53 Å². The van der Waals surface area contributed by atoms with Crippen molar-refractivity contribution in [1.82, 2.24) is 4.57 Å². The second-order valence-corrected chi connectivity index (χ2v) is 11.8. The number of hydrogen-bond acceptors (Lipinski definition) is 5. The zero-order chi connectivity index (χ0) is 25.7. The normalized spacial score (nSPS) is 16.5. The van der Waals surface area contributed by atoms with Gasteiger partial charge in [0, 0.05) is 27.0 Å². The van der Waals surface area contributed by atoms with Crippen LogP contribution in [0.1, 0.15) is 41.6 Å². The van der Waals surface area contributed by atoms with E-state index in [1.54, 1.807) is 18.2 Å². The van der Waals surface area contributed by atoms with E-state index < -0.39 is 5.97 Å². The van der Waals surface area contributed by atoms with E-state index in [4.69, 9.17) is 9.73 Å². The first-order chi connectivity index (χ1) is 17.9. The lowest BCUT2D eigenvalue weighted by Gasteiger charge is -2.30. The highest BCUT2D eigenvalue weighted by atomic mass is 79.9. The SMILES string of the molecule is CC(=O)Oc1ccc(Br)cc1/C=c1/sc2n(c1=O)[C@H](c1ccc(Br)cc1)C1=C(N=2)c2ccccc2CC1. The number of nitrogens with zero attached hydrogens (tertiary/aromatic N) is 2. The molecule has 3 aromatic carbocycles. The number of esters is 1. The number of aryl methyl sites for hydroxylation is 1. The summed E-state index contributed by atoms with van der Waals surface area (Å²) in [5, 5.41) is 0. The van der Waals surface area contributed by atoms with E-state index in [1.165, 1.54) is 23.8 Å². The largest absolute Gasteiger partial charge is 0.426 e. The summed E-state index contributed by atoms with van der Waals surface area (Å²) >= 11 is 8.37. The second-order valence-electron chi connectivity index (χ2n) is 8.94. The van der Waals surface area contributed by atoms with E-state index in [-0.39, 0.29) is 11.6 Å². The standard InChI is InChI=1S/C29H20Br2N2O3S/c1-16(34)36-24-13-11-21(31)14-19(24)15-25-28(35)33-27(18-6-9-20(30)10-7-18)23-12-8-17-4-2-3-5-22(17)26(23)32-29(33)37-25/h2-7,9-11,13-15,27H,8,12H2,1H3/b25-15+/t27-/m1/s1. The molecular weight excluding hydrogens is 616 g/mol. The third-order valence-electron chi connectivity index (χ3n) is 6.57. The minimum Gasteiger partial charge on any atom is -0.426 e. The molecule has 1 aliphatic heterocycles. The Hall–Kier alpha value is -3.07. The molecule has 1 aliphatic carbocycles. The highest BCUT2D eigenvalue weighted by molar-refractivity contribution is 9.10. The zero-order valence-electron chi connectivity index (χ0n) is 19.7. The molecule has 8 heteroatoms. The lowest BCUT2D eigenvalue weighted by atomic mass is 9.83. The number of rotatable bonds is 3. The van der Waals surface area contributed by atoms with E-state index >= 15 is 0 Å². The van der Waals surface area contributed by atoms with Crippen molar-refractivity contribution in [2.75, 3.05) is 0 Å². The third-order valence-corrected chi connectivity index (χ3v) is 8.58. The molecule has 0 bridgehead atoms. The number of carbonyl (C=O) groups is 1. The summed E-state index contributed by atoms with van der Waals surface area (Å²) in [5.74, 6) is -0.0146. The molecule has 0 N–H and O–H groups in total. The summed E-state index contributed by atoms with van der Waals surface area (Å²) < 4.78 is 9.55. The van der Waals surface area contributed by atoms with Crippen LogP contribution >= 0.6 is 43.2 Å². The Morgan fingerprint density at radius 1 is 1.05 bits per heavy atom. The van der Waals surface area contributed by atoms with Crippen LogP contribution in [-0.4, -0.2) is 10.5 Å². The van der Waals surface area contributed by atoms with E-state index in [2.05, 4.69) is 62.2 Å². The van der Waals surface area contributed by atoms with Crippen molar-refractivity contribution in [3.05, 3.63) is 123 Å². The Bertz CT molecular complexity index is 1790. The molecule has 0 radical (unpaired) electrons. The van der Waals surface area contributed by atoms with Gasteiger partial charge >= 0.3 is 5.97 Å². The van der Waals surface area contributed by atoms with Crippen molar-refractivity contribution in [2.24, 2.45) is 4.99 Å². The molecule has 0 unspecified atom stereocenters. The lowest BCUT2D eigenvalue weighted by Crippen LogP contribution is -2.38. The minimum absolute atomic E-state index is 0.115. The van der Waals surface area contributed by atoms with Crippen molar-refractivity contribution in [3.63, 3.8) is 0 Å². The van der Waals surface area contributed by atoms with Gasteiger partial charge in [-0.2, -0.15) is 0 Å². The quantitative estimate of drug-likeness (QED) is 0.212. The number of allylic oxidation sites excluding steroid dienone is 1. The van der Waals surface area contributed by atoms with E-state index in [0.29, 0.717) is 20.6 Å². The van der Waals surface area contributed by atoms with Crippen LogP contribution in [0, 0.1) is 0 Å². The summed E-state index contributed by atoms with van der Waals surface area (Å²) in [6.45, 7) is 1.36. The third kappa shape index (κ3) is 4.47. The topological polar surface area (TPSA) is 60.7 Å². The lowest BCUT2D eigenvalue weighted by molar-refractivity contribution is -0.131. The molecule has 4 aromatic rings. The monoisotopic (exact) mass is 634 g/mol. The predicted molar refractivity (Wildman–Crippen MR) is 152 cm³/mol. The van der Waals surface area contributed by atoms with Crippen LogP contribution in [0.25, 0.3) is 11.8 Å². The summed E-state index contributed by atoms with van der Waals surface area (Å²) in [7, 11) is 0. The summed E-state index contributed by atoms with van der Waals surface area (Å²) in [6, 6.07) is 21.6. The van der Waals surface area contributed by atoms with Gasteiger partial charge in [0.15, 0.2) is 4.80 Å². The van der Waals surface area contributed by atoms with Gasteiger partial charge in [0.1, 0.15) is 5.75 Å². The van der Waals surface area contributed by atoms with Gasteiger partial charge in [0.25, 0.3) is 5.56 Å². The number of thiazole rings is 1. The highest BCUT2D eigenvalue weighted by Gasteiger charge is 2.32. The fourth-order valence-electron chi connectivity index (χ4n) is 4.99. The first-order valence-corrected chi connectivity index (χ1v) is 14.2. The van der Waals surface area contributed by atoms with Gasteiger partial charge in [-0.05, 0) is 65.9 Å². The molecule has 0 saturated carbocycles. The molecule has 184 valence electrons. The summed E-state index contributed by atoms with van der Waals surface area (Å²) in [6.07, 6.45) is 3.52. The first kappa shape index (κ1) is 24.3. The summed E-state index contributed by atoms with van der Waals surface area (Å²) in [5.41, 5.74) is 6.10. The second kappa shape index (κ2) is 9.67. The van der Waals surface area contributed by atoms with Gasteiger partial charge in [0.05, 0.1) is 16.3 Å². The van der Waals surface area contributed by atoms with Crippen LogP contribution in [0.5, 0.6) is 5.75 Å². The molecule has 0 saturated heterocycles. The molecule has 6 rings (SSSR count). The number of aromatic nitrogens is 1. The minimum atomic E-state index is -0.417. The maximum Gasteiger partial charge on any atom is 0.308 e. The van der Waals surface area contributed by atoms with Crippen LogP contribution in [-0.2, 0) is 11.2 Å². The van der Waals surface area contributed by atoms with Crippen molar-refractivity contribution in [1.29, 1.82) is 0 Å². The number of carbonyl (C=O) groups excluding carboxylic acids is 1. The molecule has 0 fully saturated rings. The van der Waals surface area contributed by atoms with Gasteiger partial charge < -0.3 is 4.74 Å². The van der Waals surface area contributed by atoms with Gasteiger partial charge in [-0.25, -0.2) is 4.99 Å². The number of hydrogen-bond donors (Lipinski definition) is 0. The van der Waals surface area contributed by atoms with Crippen LogP contribution in [0.15, 0.2) is 91.0 Å². The number of halogens is 2. The molecule has 1 atom stereocenters. The van der Waals surface area contributed by atoms with E-state index in [0.717, 1.165) is 44.2 Å². The fraction of sp³-hybridized carbons (Fsp3) is 0.138. The zero-order valence-corrected chi connectivity index (χ0v) is 23.7. The van der Waals surface area contributed by atoms with E-state index in [9.17, 15) is 9.59 Å². The van der Waals surface area contributed by atoms with Crippen LogP contribution in [0.3, 0.4) is 0 Å². The molecule has 0 amide bonds. The van der Waals surface area contributed by atoms with Crippen molar-refractivity contribution in [2.45, 2.75) is 25.8 Å². The molecule has 2 aliphatic rings. The highest BCUT2D eigenvalue weighted by Crippen LogP contribution is 2.41. The Morgan fingerprint density at radius 3 is 2.59 bits per heavy atom. The fourth-order valence-corrected chi connectivity index (χ4v) is 6.62. The number of benzene rings is 3. The average molecular weight is 636 g/mol. The first-order valence-electron chi connectivity index (χ1n) is 11.8. The molecule has 0 spiro atoms. The van der Waals surface area contributed by atoms with Crippen molar-refractivity contribution >= 4 is 60.9 Å². The van der Waals surface area contributed by atoms with Gasteiger partial charge in [0.2, 0.25) is 0 Å². The molecular formula is C29H20Br2N2O3S.